The first-order valence-electron chi connectivity index (χ1n) is 12.0. The van der Waals surface area contributed by atoms with Crippen LogP contribution in [0.5, 0.6) is 0 Å². The van der Waals surface area contributed by atoms with Gasteiger partial charge in [-0.1, -0.05) is 65.0 Å². The van der Waals surface area contributed by atoms with Crippen molar-refractivity contribution in [3.63, 3.8) is 0 Å². The van der Waals surface area contributed by atoms with Crippen LogP contribution in [0.2, 0.25) is 5.02 Å². The van der Waals surface area contributed by atoms with Gasteiger partial charge in [-0.15, -0.1) is 0 Å². The number of carbonyl (C=O) groups is 3. The van der Waals surface area contributed by atoms with Crippen LogP contribution in [0, 0.1) is 11.7 Å². The van der Waals surface area contributed by atoms with Gasteiger partial charge in [-0.3, -0.25) is 23.7 Å². The fraction of sp³-hybridized carbons (Fsp3) is 0.143. The zero-order valence-corrected chi connectivity index (χ0v) is 22.4. The monoisotopic (exact) mass is 579 g/mol. The number of para-hydroxylation sites is 1. The molecule has 1 N–H and O–H groups in total. The van der Waals surface area contributed by atoms with Crippen LogP contribution in [0.3, 0.4) is 0 Å². The van der Waals surface area contributed by atoms with Crippen LogP contribution in [0.15, 0.2) is 88.7 Å². The van der Waals surface area contributed by atoms with Gasteiger partial charge in [-0.05, 0) is 54.1 Å². The smallest absolute Gasteiger partial charge is 0.308 e. The first kappa shape index (κ1) is 25.5. The Morgan fingerprint density at radius 3 is 2.31 bits per heavy atom. The fourth-order valence-electron chi connectivity index (χ4n) is 4.99. The number of fused-ring (bicyclic) bond motifs is 2. The third kappa shape index (κ3) is 4.58. The van der Waals surface area contributed by atoms with Gasteiger partial charge in [0.25, 0.3) is 0 Å². The largest absolute Gasteiger partial charge is 0.325 e. The van der Waals surface area contributed by atoms with Crippen molar-refractivity contribution in [3.05, 3.63) is 110 Å². The topological polar surface area (TPSA) is 88.5 Å². The Morgan fingerprint density at radius 1 is 0.923 bits per heavy atom. The zero-order valence-electron chi connectivity index (χ0n) is 20.0. The number of nitrogens with one attached hydrogen (secondary N) is 1. The molecule has 3 heterocycles. The van der Waals surface area contributed by atoms with E-state index < -0.39 is 40.6 Å². The zero-order chi connectivity index (χ0) is 27.3. The quantitative estimate of drug-likeness (QED) is 0.331. The molecular weight excluding hydrogens is 561 g/mol. The van der Waals surface area contributed by atoms with Gasteiger partial charge in [-0.25, -0.2) is 9.29 Å². The van der Waals surface area contributed by atoms with E-state index in [0.717, 1.165) is 28.0 Å². The summed E-state index contributed by atoms with van der Waals surface area (Å²) in [5.74, 6) is -3.16. The van der Waals surface area contributed by atoms with E-state index in [-0.39, 0.29) is 11.4 Å². The van der Waals surface area contributed by atoms with Gasteiger partial charge in [-0.2, -0.15) is 0 Å². The Hall–Kier alpha value is -3.73. The number of hydrogen-bond acceptors (Lipinski definition) is 6. The van der Waals surface area contributed by atoms with E-state index in [9.17, 15) is 23.6 Å². The van der Waals surface area contributed by atoms with E-state index in [1.807, 2.05) is 6.07 Å². The molecule has 7 nitrogen and oxygen atoms in total. The molecule has 1 fully saturated rings. The van der Waals surface area contributed by atoms with Crippen LogP contribution in [0.1, 0.15) is 16.4 Å². The first-order chi connectivity index (χ1) is 18.8. The third-order valence-electron chi connectivity index (χ3n) is 6.72. The number of amides is 3. The number of benzene rings is 3. The Bertz CT molecular complexity index is 1660. The molecule has 0 spiro atoms. The van der Waals surface area contributed by atoms with Crippen molar-refractivity contribution >= 4 is 63.8 Å². The average molecular weight is 580 g/mol. The average Bonchev–Trinajstić information content (AvgIpc) is 3.36. The molecule has 0 aliphatic carbocycles. The molecule has 196 valence electrons. The second-order valence-corrected chi connectivity index (χ2v) is 11.7. The van der Waals surface area contributed by atoms with Gasteiger partial charge in [0.1, 0.15) is 17.6 Å². The van der Waals surface area contributed by atoms with E-state index >= 15 is 0 Å². The van der Waals surface area contributed by atoms with Crippen LogP contribution in [-0.2, 0) is 20.9 Å². The van der Waals surface area contributed by atoms with Crippen molar-refractivity contribution in [2.24, 2.45) is 5.92 Å². The summed E-state index contributed by atoms with van der Waals surface area (Å²) in [6.45, 7) is -0.261. The van der Waals surface area contributed by atoms with Crippen LogP contribution in [0.4, 0.5) is 15.8 Å². The summed E-state index contributed by atoms with van der Waals surface area (Å²) >= 11 is 8.07. The summed E-state index contributed by atoms with van der Waals surface area (Å²) in [6.07, 6.45) is 0. The molecule has 0 saturated carbocycles. The van der Waals surface area contributed by atoms with Crippen LogP contribution < -0.4 is 15.1 Å². The third-order valence-corrected chi connectivity index (χ3v) is 9.58. The summed E-state index contributed by atoms with van der Waals surface area (Å²) in [6, 6.07) is 21.0. The molecule has 1 saturated heterocycles. The van der Waals surface area contributed by atoms with Crippen LogP contribution in [-0.4, -0.2) is 27.5 Å². The highest BCUT2D eigenvalue weighted by atomic mass is 35.5. The highest BCUT2D eigenvalue weighted by Gasteiger charge is 2.56. The highest BCUT2D eigenvalue weighted by molar-refractivity contribution is 8.00. The van der Waals surface area contributed by atoms with Gasteiger partial charge in [0, 0.05) is 21.5 Å². The number of nitrogens with zero attached hydrogens (tertiary/aromatic N) is 2. The summed E-state index contributed by atoms with van der Waals surface area (Å²) in [4.78, 5) is 54.9. The molecule has 2 aliphatic heterocycles. The number of carbonyl (C=O) groups excluding carboxylic acids is 3. The van der Waals surface area contributed by atoms with E-state index in [0.29, 0.717) is 31.9 Å². The van der Waals surface area contributed by atoms with E-state index in [4.69, 9.17) is 11.6 Å². The van der Waals surface area contributed by atoms with Crippen LogP contribution >= 0.6 is 34.7 Å². The number of thiazole rings is 1. The molecular formula is C28H19ClFN3O4S2. The number of halogens is 2. The molecule has 2 aliphatic rings. The molecule has 11 heteroatoms. The molecule has 3 amide bonds. The number of imide groups is 1. The second kappa shape index (κ2) is 10.1. The molecule has 3 atom stereocenters. The van der Waals surface area contributed by atoms with Crippen molar-refractivity contribution in [3.8, 4) is 0 Å². The van der Waals surface area contributed by atoms with Crippen molar-refractivity contribution in [1.29, 1.82) is 0 Å². The molecule has 1 aromatic heterocycles. The van der Waals surface area contributed by atoms with Crippen molar-refractivity contribution < 1.29 is 18.8 Å². The second-order valence-electron chi connectivity index (χ2n) is 9.12. The Morgan fingerprint density at radius 2 is 1.62 bits per heavy atom. The lowest BCUT2D eigenvalue weighted by molar-refractivity contribution is -0.122. The van der Waals surface area contributed by atoms with E-state index in [1.165, 1.54) is 16.7 Å². The fourth-order valence-corrected chi connectivity index (χ4v) is 7.89. The van der Waals surface area contributed by atoms with Crippen molar-refractivity contribution in [2.45, 2.75) is 22.7 Å². The maximum atomic E-state index is 13.8. The van der Waals surface area contributed by atoms with Crippen LogP contribution in [0.25, 0.3) is 0 Å². The molecule has 0 radical (unpaired) electrons. The van der Waals surface area contributed by atoms with Gasteiger partial charge in [0.15, 0.2) is 0 Å². The number of aromatic nitrogens is 1. The molecule has 39 heavy (non-hydrogen) atoms. The lowest BCUT2D eigenvalue weighted by Crippen LogP contribution is -2.33. The molecule has 4 aromatic rings. The maximum absolute atomic E-state index is 13.8. The summed E-state index contributed by atoms with van der Waals surface area (Å²) in [5, 5.41) is 2.86. The van der Waals surface area contributed by atoms with E-state index in [2.05, 4.69) is 5.32 Å². The number of rotatable bonds is 5. The standard InChI is InChI=1S/C28H19ClFN3O4S2/c29-16-8-12-19(13-9-16)33-25(35)22-21(15-6-10-17(30)11-7-15)24-27(38-23(22)26(33)36)32(28(37)39-24)14-20(34)31-18-4-2-1-3-5-18/h1-13,21-23H,14H2,(H,31,34)/t21-,22?,23?/m1/s1. The molecule has 2 unspecified atom stereocenters. The Balaban J connectivity index is 1.42. The Labute approximate surface area is 235 Å². The minimum atomic E-state index is -0.840. The van der Waals surface area contributed by atoms with Crippen molar-refractivity contribution in [1.82, 2.24) is 4.57 Å². The number of anilines is 2. The highest BCUT2D eigenvalue weighted by Crippen LogP contribution is 2.53. The van der Waals surface area contributed by atoms with Gasteiger partial charge < -0.3 is 5.32 Å². The first-order valence-corrected chi connectivity index (χ1v) is 14.0. The van der Waals surface area contributed by atoms with Gasteiger partial charge in [0.2, 0.25) is 17.7 Å². The minimum absolute atomic E-state index is 0.261. The lowest BCUT2D eigenvalue weighted by atomic mass is 9.83. The maximum Gasteiger partial charge on any atom is 0.308 e. The minimum Gasteiger partial charge on any atom is -0.325 e. The molecule has 3 aromatic carbocycles. The van der Waals surface area contributed by atoms with Gasteiger partial charge >= 0.3 is 4.87 Å². The SMILES string of the molecule is O=C(Cn1c2c(sc1=O)[C@H](c1ccc(F)cc1)C1C(=O)N(c3ccc(Cl)cc3)C(=O)C1S2)Nc1ccccc1. The van der Waals surface area contributed by atoms with E-state index in [1.54, 1.807) is 60.7 Å². The summed E-state index contributed by atoms with van der Waals surface area (Å²) in [5.41, 5.74) is 1.59. The van der Waals surface area contributed by atoms with Gasteiger partial charge in [0.05, 0.1) is 16.6 Å². The summed E-state index contributed by atoms with van der Waals surface area (Å²) < 4.78 is 15.2. The molecule has 6 rings (SSSR count). The predicted octanol–water partition coefficient (Wildman–Crippen LogP) is 5.14. The number of hydrogen-bond donors (Lipinski definition) is 1. The normalized spacial score (nSPS) is 20.1. The predicted molar refractivity (Wildman–Crippen MR) is 149 cm³/mol. The summed E-state index contributed by atoms with van der Waals surface area (Å²) in [7, 11) is 0. The number of thioether (sulfide) groups is 1. The Kier molecular flexibility index (Phi) is 6.62. The molecule has 0 bridgehead atoms. The lowest BCUT2D eigenvalue weighted by Gasteiger charge is -2.30. The van der Waals surface area contributed by atoms with Crippen molar-refractivity contribution in [2.75, 3.05) is 10.2 Å².